The van der Waals surface area contributed by atoms with Crippen LogP contribution in [0.3, 0.4) is 0 Å². The van der Waals surface area contributed by atoms with Gasteiger partial charge >= 0.3 is 0 Å². The van der Waals surface area contributed by atoms with Crippen LogP contribution in [0.5, 0.6) is 0 Å². The lowest BCUT2D eigenvalue weighted by atomic mass is 9.99. The normalized spacial score (nSPS) is 14.1. The van der Waals surface area contributed by atoms with Crippen molar-refractivity contribution < 1.29 is 9.90 Å². The molecule has 1 aromatic rings. The number of carbonyl (C=O) groups excluding carboxylic acids is 1. The molecule has 17 heavy (non-hydrogen) atoms. The second kappa shape index (κ2) is 5.51. The summed E-state index contributed by atoms with van der Waals surface area (Å²) in [7, 11) is 0. The number of nitrogens with two attached hydrogens (primary N) is 1. The molecule has 1 aromatic carbocycles. The van der Waals surface area contributed by atoms with Crippen molar-refractivity contribution in [2.45, 2.75) is 25.8 Å². The number of aliphatic hydroxyl groups is 1. The first kappa shape index (κ1) is 14.0. The number of rotatable bonds is 4. The molecular formula is C12H17BrN2O2. The standard InChI is InChI=1S/C12H17BrN2O2/c1-3-12(2,7-16)15-11(17)8-4-9(13)6-10(14)5-8/h4-6,16H,3,7,14H2,1-2H3,(H,15,17). The largest absolute Gasteiger partial charge is 0.399 e. The fraction of sp³-hybridized carbons (Fsp3) is 0.417. The maximum absolute atomic E-state index is 12.0. The van der Waals surface area contributed by atoms with E-state index < -0.39 is 5.54 Å². The minimum absolute atomic E-state index is 0.0985. The highest BCUT2D eigenvalue weighted by Crippen LogP contribution is 2.18. The van der Waals surface area contributed by atoms with Crippen LogP contribution in [0.2, 0.25) is 0 Å². The molecule has 0 heterocycles. The molecule has 94 valence electrons. The molecule has 1 atom stereocenters. The Morgan fingerprint density at radius 1 is 1.53 bits per heavy atom. The molecule has 0 saturated heterocycles. The number of halogens is 1. The van der Waals surface area contributed by atoms with E-state index in [1.165, 1.54) is 0 Å². The minimum Gasteiger partial charge on any atom is -0.399 e. The van der Waals surface area contributed by atoms with Crippen molar-refractivity contribution >= 4 is 27.5 Å². The van der Waals surface area contributed by atoms with Gasteiger partial charge in [0.25, 0.3) is 5.91 Å². The van der Waals surface area contributed by atoms with Gasteiger partial charge in [-0.1, -0.05) is 22.9 Å². The van der Waals surface area contributed by atoms with E-state index in [0.717, 1.165) is 4.47 Å². The highest BCUT2D eigenvalue weighted by molar-refractivity contribution is 9.10. The van der Waals surface area contributed by atoms with Crippen LogP contribution in [0, 0.1) is 0 Å². The number of nitrogen functional groups attached to an aromatic ring is 1. The van der Waals surface area contributed by atoms with Gasteiger partial charge in [0, 0.05) is 15.7 Å². The second-order valence-electron chi connectivity index (χ2n) is 4.30. The summed E-state index contributed by atoms with van der Waals surface area (Å²) in [6.45, 7) is 3.61. The van der Waals surface area contributed by atoms with Gasteiger partial charge in [0.2, 0.25) is 0 Å². The molecule has 5 heteroatoms. The van der Waals surface area contributed by atoms with Crippen molar-refractivity contribution in [2.24, 2.45) is 0 Å². The van der Waals surface area contributed by atoms with E-state index in [2.05, 4.69) is 21.2 Å². The second-order valence-corrected chi connectivity index (χ2v) is 5.22. The number of anilines is 1. The van der Waals surface area contributed by atoms with E-state index >= 15 is 0 Å². The van der Waals surface area contributed by atoms with Crippen LogP contribution in [-0.4, -0.2) is 23.2 Å². The molecule has 0 spiro atoms. The van der Waals surface area contributed by atoms with Gasteiger partial charge in [0.05, 0.1) is 12.1 Å². The fourth-order valence-corrected chi connectivity index (χ4v) is 1.84. The van der Waals surface area contributed by atoms with Gasteiger partial charge < -0.3 is 16.2 Å². The van der Waals surface area contributed by atoms with E-state index in [1.54, 1.807) is 25.1 Å². The summed E-state index contributed by atoms with van der Waals surface area (Å²) in [5.74, 6) is -0.239. The van der Waals surface area contributed by atoms with E-state index in [0.29, 0.717) is 17.7 Å². The van der Waals surface area contributed by atoms with E-state index in [9.17, 15) is 9.90 Å². The molecule has 0 aliphatic carbocycles. The van der Waals surface area contributed by atoms with Crippen LogP contribution in [0.15, 0.2) is 22.7 Å². The Morgan fingerprint density at radius 2 is 2.18 bits per heavy atom. The molecule has 0 bridgehead atoms. The molecule has 4 N–H and O–H groups in total. The number of benzene rings is 1. The molecule has 1 rings (SSSR count). The maximum atomic E-state index is 12.0. The molecular weight excluding hydrogens is 284 g/mol. The Morgan fingerprint density at radius 3 is 2.65 bits per heavy atom. The first-order valence-corrected chi connectivity index (χ1v) is 6.19. The Kier molecular flexibility index (Phi) is 4.54. The average Bonchev–Trinajstić information content (AvgIpc) is 2.27. The summed E-state index contributed by atoms with van der Waals surface area (Å²) in [5.41, 5.74) is 6.06. The number of aliphatic hydroxyl groups excluding tert-OH is 1. The van der Waals surface area contributed by atoms with Crippen LogP contribution < -0.4 is 11.1 Å². The van der Waals surface area contributed by atoms with Crippen molar-refractivity contribution in [1.29, 1.82) is 0 Å². The number of carbonyl (C=O) groups is 1. The number of hydrogen-bond donors (Lipinski definition) is 3. The lowest BCUT2D eigenvalue weighted by Gasteiger charge is -2.27. The number of nitrogens with one attached hydrogen (secondary N) is 1. The number of amides is 1. The van der Waals surface area contributed by atoms with Crippen LogP contribution in [0.1, 0.15) is 30.6 Å². The third-order valence-electron chi connectivity index (χ3n) is 2.73. The van der Waals surface area contributed by atoms with E-state index in [1.807, 2.05) is 6.92 Å². The summed E-state index contributed by atoms with van der Waals surface area (Å²) in [6.07, 6.45) is 0.652. The van der Waals surface area contributed by atoms with Crippen LogP contribution in [-0.2, 0) is 0 Å². The quantitative estimate of drug-likeness (QED) is 0.744. The summed E-state index contributed by atoms with van der Waals surface area (Å²) >= 11 is 3.29. The SMILES string of the molecule is CCC(C)(CO)NC(=O)c1cc(N)cc(Br)c1. The van der Waals surface area contributed by atoms with Crippen LogP contribution in [0.4, 0.5) is 5.69 Å². The molecule has 0 saturated carbocycles. The van der Waals surface area contributed by atoms with E-state index in [-0.39, 0.29) is 12.5 Å². The molecule has 0 aliphatic rings. The zero-order valence-corrected chi connectivity index (χ0v) is 11.5. The van der Waals surface area contributed by atoms with Crippen molar-refractivity contribution in [3.05, 3.63) is 28.2 Å². The van der Waals surface area contributed by atoms with Crippen LogP contribution in [0.25, 0.3) is 0 Å². The molecule has 0 radical (unpaired) electrons. The zero-order valence-electron chi connectivity index (χ0n) is 9.96. The first-order chi connectivity index (χ1) is 7.90. The van der Waals surface area contributed by atoms with Gasteiger partial charge in [-0.2, -0.15) is 0 Å². The van der Waals surface area contributed by atoms with E-state index in [4.69, 9.17) is 5.73 Å². The maximum Gasteiger partial charge on any atom is 0.251 e. The minimum atomic E-state index is -0.603. The fourth-order valence-electron chi connectivity index (χ4n) is 1.33. The Labute approximate surface area is 109 Å². The van der Waals surface area contributed by atoms with Crippen molar-refractivity contribution in [3.8, 4) is 0 Å². The summed E-state index contributed by atoms with van der Waals surface area (Å²) in [6, 6.07) is 5.02. The highest BCUT2D eigenvalue weighted by atomic mass is 79.9. The summed E-state index contributed by atoms with van der Waals surface area (Å²) in [4.78, 5) is 12.0. The highest BCUT2D eigenvalue weighted by Gasteiger charge is 2.23. The summed E-state index contributed by atoms with van der Waals surface area (Å²) < 4.78 is 0.754. The first-order valence-electron chi connectivity index (χ1n) is 5.39. The van der Waals surface area contributed by atoms with Gasteiger partial charge in [-0.05, 0) is 31.5 Å². The van der Waals surface area contributed by atoms with Gasteiger partial charge in [-0.15, -0.1) is 0 Å². The summed E-state index contributed by atoms with van der Waals surface area (Å²) in [5, 5.41) is 12.0. The zero-order chi connectivity index (χ0) is 13.1. The van der Waals surface area contributed by atoms with Gasteiger partial charge in [-0.25, -0.2) is 0 Å². The number of hydrogen-bond acceptors (Lipinski definition) is 3. The molecule has 1 amide bonds. The lowest BCUT2D eigenvalue weighted by Crippen LogP contribution is -2.48. The predicted octanol–water partition coefficient (Wildman–Crippen LogP) is 1.92. The third kappa shape index (κ3) is 3.71. The molecule has 1 unspecified atom stereocenters. The Bertz CT molecular complexity index is 397. The topological polar surface area (TPSA) is 75.3 Å². The Hall–Kier alpha value is -1.07. The van der Waals surface area contributed by atoms with Crippen molar-refractivity contribution in [1.82, 2.24) is 5.32 Å². The lowest BCUT2D eigenvalue weighted by molar-refractivity contribution is 0.0847. The van der Waals surface area contributed by atoms with Gasteiger partial charge in [-0.3, -0.25) is 4.79 Å². The predicted molar refractivity (Wildman–Crippen MR) is 71.8 cm³/mol. The van der Waals surface area contributed by atoms with Crippen molar-refractivity contribution in [2.75, 3.05) is 12.3 Å². The van der Waals surface area contributed by atoms with Gasteiger partial charge in [0.15, 0.2) is 0 Å². The van der Waals surface area contributed by atoms with Gasteiger partial charge in [0.1, 0.15) is 0 Å². The molecule has 4 nitrogen and oxygen atoms in total. The monoisotopic (exact) mass is 300 g/mol. The van der Waals surface area contributed by atoms with Crippen LogP contribution >= 0.6 is 15.9 Å². The van der Waals surface area contributed by atoms with Crippen molar-refractivity contribution in [3.63, 3.8) is 0 Å². The molecule has 0 aliphatic heterocycles. The molecule has 0 fully saturated rings. The Balaban J connectivity index is 2.90. The smallest absolute Gasteiger partial charge is 0.251 e. The molecule has 0 aromatic heterocycles. The third-order valence-corrected chi connectivity index (χ3v) is 3.18. The average molecular weight is 301 g/mol.